The number of carbonyl (C=O) groups is 1. The lowest BCUT2D eigenvalue weighted by Crippen LogP contribution is -2.10. The van der Waals surface area contributed by atoms with Gasteiger partial charge in [-0.1, -0.05) is 54.6 Å². The molecule has 1 unspecified atom stereocenters. The Balaban J connectivity index is 1.48. The quantitative estimate of drug-likeness (QED) is 0.453. The fourth-order valence-corrected chi connectivity index (χ4v) is 4.07. The van der Waals surface area contributed by atoms with Crippen molar-refractivity contribution < 1.29 is 9.90 Å². The lowest BCUT2D eigenvalue weighted by Gasteiger charge is -2.17. The lowest BCUT2D eigenvalue weighted by atomic mass is 9.90. The molecule has 5 heteroatoms. The van der Waals surface area contributed by atoms with E-state index >= 15 is 0 Å². The minimum atomic E-state index is -0.468. The first-order valence-electron chi connectivity index (χ1n) is 10.1. The number of rotatable bonds is 5. The van der Waals surface area contributed by atoms with Gasteiger partial charge in [0.25, 0.3) is 0 Å². The number of hydrogen-bond acceptors (Lipinski definition) is 3. The van der Waals surface area contributed by atoms with E-state index in [-0.39, 0.29) is 12.5 Å². The molecule has 5 aromatic rings. The van der Waals surface area contributed by atoms with Crippen LogP contribution in [0.3, 0.4) is 0 Å². The Kier molecular flexibility index (Phi) is 4.73. The Morgan fingerprint density at radius 3 is 2.39 bits per heavy atom. The van der Waals surface area contributed by atoms with E-state index in [4.69, 9.17) is 5.73 Å². The Morgan fingerprint density at radius 1 is 0.903 bits per heavy atom. The minimum absolute atomic E-state index is 0.0294. The van der Waals surface area contributed by atoms with Crippen molar-refractivity contribution in [1.29, 1.82) is 0 Å². The molecule has 1 heterocycles. The highest BCUT2D eigenvalue weighted by atomic mass is 16.3. The van der Waals surface area contributed by atoms with Gasteiger partial charge in [-0.15, -0.1) is 0 Å². The van der Waals surface area contributed by atoms with Gasteiger partial charge in [0.2, 0.25) is 5.91 Å². The third-order valence-electron chi connectivity index (χ3n) is 5.76. The van der Waals surface area contributed by atoms with Crippen molar-refractivity contribution in [3.05, 3.63) is 108 Å². The maximum absolute atomic E-state index is 11.4. The molecule has 1 amide bonds. The van der Waals surface area contributed by atoms with Gasteiger partial charge in [-0.2, -0.15) is 0 Å². The Morgan fingerprint density at radius 2 is 1.65 bits per heavy atom. The molecule has 0 saturated heterocycles. The second-order valence-corrected chi connectivity index (χ2v) is 7.62. The molecular formula is C26H21N3O2. The number of imidazole rings is 1. The summed E-state index contributed by atoms with van der Waals surface area (Å²) in [5.41, 5.74) is 10.5. The zero-order chi connectivity index (χ0) is 21.4. The highest BCUT2D eigenvalue weighted by molar-refractivity contribution is 5.96. The van der Waals surface area contributed by atoms with Crippen LogP contribution in [0, 0.1) is 0 Å². The standard InChI is InChI=1S/C26H21N3O2/c27-26(31)21-9-12-25-24(14-21)28-16-29(25)22-10-7-18(8-11-22)23(15-30)20-6-5-17-3-1-2-4-19(17)13-20/h1-14,16,23,30H,15H2,(H2,27,31). The molecule has 1 atom stereocenters. The third-order valence-corrected chi connectivity index (χ3v) is 5.76. The summed E-state index contributed by atoms with van der Waals surface area (Å²) < 4.78 is 1.97. The summed E-state index contributed by atoms with van der Waals surface area (Å²) >= 11 is 0. The van der Waals surface area contributed by atoms with E-state index in [9.17, 15) is 9.90 Å². The topological polar surface area (TPSA) is 81.1 Å². The van der Waals surface area contributed by atoms with Crippen LogP contribution < -0.4 is 5.73 Å². The fourth-order valence-electron chi connectivity index (χ4n) is 4.07. The molecular weight excluding hydrogens is 386 g/mol. The minimum Gasteiger partial charge on any atom is -0.395 e. The predicted octanol–water partition coefficient (Wildman–Crippen LogP) is 4.40. The Labute approximate surface area is 179 Å². The van der Waals surface area contributed by atoms with Crippen LogP contribution >= 0.6 is 0 Å². The molecule has 5 rings (SSSR count). The molecule has 0 aliphatic rings. The Bertz CT molecular complexity index is 1400. The van der Waals surface area contributed by atoms with E-state index in [2.05, 4.69) is 35.3 Å². The van der Waals surface area contributed by atoms with Gasteiger partial charge in [-0.3, -0.25) is 9.36 Å². The average molecular weight is 407 g/mol. The molecule has 5 nitrogen and oxygen atoms in total. The van der Waals surface area contributed by atoms with Crippen molar-refractivity contribution in [3.8, 4) is 5.69 Å². The summed E-state index contributed by atoms with van der Waals surface area (Å²) in [5.74, 6) is -0.569. The van der Waals surface area contributed by atoms with Gasteiger partial charge in [0.05, 0.1) is 17.6 Å². The number of carbonyl (C=O) groups excluding carboxylic acids is 1. The van der Waals surface area contributed by atoms with Gasteiger partial charge < -0.3 is 10.8 Å². The van der Waals surface area contributed by atoms with E-state index in [1.807, 2.05) is 47.0 Å². The summed E-state index contributed by atoms with van der Waals surface area (Å²) in [6.07, 6.45) is 1.73. The van der Waals surface area contributed by atoms with Crippen molar-refractivity contribution in [2.75, 3.05) is 6.61 Å². The smallest absolute Gasteiger partial charge is 0.248 e. The number of benzene rings is 4. The molecule has 0 bridgehead atoms. The lowest BCUT2D eigenvalue weighted by molar-refractivity contribution is 0.100. The fraction of sp³-hybridized carbons (Fsp3) is 0.0769. The van der Waals surface area contributed by atoms with Gasteiger partial charge >= 0.3 is 0 Å². The number of nitrogens with zero attached hydrogens (tertiary/aromatic N) is 2. The highest BCUT2D eigenvalue weighted by Crippen LogP contribution is 2.28. The van der Waals surface area contributed by atoms with Gasteiger partial charge in [-0.25, -0.2) is 4.98 Å². The molecule has 0 saturated carbocycles. The first-order valence-corrected chi connectivity index (χ1v) is 10.1. The first kappa shape index (κ1) is 19.0. The van der Waals surface area contributed by atoms with E-state index in [1.54, 1.807) is 18.5 Å². The summed E-state index contributed by atoms with van der Waals surface area (Å²) in [4.78, 5) is 15.8. The predicted molar refractivity (Wildman–Crippen MR) is 122 cm³/mol. The van der Waals surface area contributed by atoms with Crippen molar-refractivity contribution in [2.45, 2.75) is 5.92 Å². The van der Waals surface area contributed by atoms with Crippen molar-refractivity contribution in [1.82, 2.24) is 9.55 Å². The zero-order valence-corrected chi connectivity index (χ0v) is 16.8. The highest BCUT2D eigenvalue weighted by Gasteiger charge is 2.15. The van der Waals surface area contributed by atoms with Gasteiger partial charge in [0, 0.05) is 17.2 Å². The molecule has 3 N–H and O–H groups in total. The number of primary amides is 1. The number of aliphatic hydroxyl groups excluding tert-OH is 1. The van der Waals surface area contributed by atoms with Crippen LogP contribution in [-0.4, -0.2) is 27.2 Å². The van der Waals surface area contributed by atoms with E-state index < -0.39 is 5.91 Å². The molecule has 0 aliphatic carbocycles. The van der Waals surface area contributed by atoms with Crippen molar-refractivity contribution in [2.24, 2.45) is 5.73 Å². The SMILES string of the molecule is NC(=O)c1ccc2c(c1)ncn2-c1ccc(C(CO)c2ccc3ccccc3c2)cc1. The number of fused-ring (bicyclic) bond motifs is 2. The van der Waals surface area contributed by atoms with Crippen molar-refractivity contribution in [3.63, 3.8) is 0 Å². The average Bonchev–Trinajstić information content (AvgIpc) is 3.23. The monoisotopic (exact) mass is 407 g/mol. The number of amides is 1. The number of aliphatic hydroxyl groups is 1. The van der Waals surface area contributed by atoms with Crippen LogP contribution in [0.1, 0.15) is 27.4 Å². The summed E-state index contributed by atoms with van der Waals surface area (Å²) in [6.45, 7) is 0.0294. The number of hydrogen-bond donors (Lipinski definition) is 2. The van der Waals surface area contributed by atoms with Crippen molar-refractivity contribution >= 4 is 27.7 Å². The molecule has 4 aromatic carbocycles. The van der Waals surface area contributed by atoms with Crippen LogP contribution in [0.15, 0.2) is 91.3 Å². The normalized spacial score (nSPS) is 12.3. The second-order valence-electron chi connectivity index (χ2n) is 7.62. The molecule has 0 aliphatic heterocycles. The maximum Gasteiger partial charge on any atom is 0.248 e. The first-order chi connectivity index (χ1) is 15.1. The van der Waals surface area contributed by atoms with Crippen LogP contribution in [-0.2, 0) is 0 Å². The maximum atomic E-state index is 11.4. The largest absolute Gasteiger partial charge is 0.395 e. The molecule has 152 valence electrons. The van der Waals surface area contributed by atoms with Crippen LogP contribution in [0.2, 0.25) is 0 Å². The van der Waals surface area contributed by atoms with Crippen LogP contribution in [0.25, 0.3) is 27.5 Å². The molecule has 0 spiro atoms. The summed E-state index contributed by atoms with van der Waals surface area (Å²) in [5, 5.41) is 12.5. The molecule has 1 aromatic heterocycles. The summed E-state index contributed by atoms with van der Waals surface area (Å²) in [6, 6.07) is 27.9. The van der Waals surface area contributed by atoms with E-state index in [0.29, 0.717) is 11.1 Å². The van der Waals surface area contributed by atoms with Gasteiger partial charge in [0.15, 0.2) is 0 Å². The van der Waals surface area contributed by atoms with E-state index in [0.717, 1.165) is 27.7 Å². The molecule has 31 heavy (non-hydrogen) atoms. The molecule has 0 radical (unpaired) electrons. The zero-order valence-electron chi connectivity index (χ0n) is 16.8. The second kappa shape index (κ2) is 7.70. The number of nitrogens with two attached hydrogens (primary N) is 1. The van der Waals surface area contributed by atoms with E-state index in [1.165, 1.54) is 5.39 Å². The number of aromatic nitrogens is 2. The van der Waals surface area contributed by atoms with Crippen LogP contribution in [0.4, 0.5) is 0 Å². The molecule has 0 fully saturated rings. The van der Waals surface area contributed by atoms with Crippen LogP contribution in [0.5, 0.6) is 0 Å². The summed E-state index contributed by atoms with van der Waals surface area (Å²) in [7, 11) is 0. The third kappa shape index (κ3) is 3.45. The van der Waals surface area contributed by atoms with Gasteiger partial charge in [-0.05, 0) is 52.2 Å². The Hall–Kier alpha value is -3.96. The van der Waals surface area contributed by atoms with Gasteiger partial charge in [0.1, 0.15) is 6.33 Å².